The summed E-state index contributed by atoms with van der Waals surface area (Å²) in [6.07, 6.45) is -6.77. The molecular weight excluding hydrogens is 267 g/mol. The molecule has 10 heteroatoms. The lowest BCUT2D eigenvalue weighted by Gasteiger charge is -2.18. The first-order chi connectivity index (χ1) is 8.81. The lowest BCUT2D eigenvalue weighted by atomic mass is 10.3. The summed E-state index contributed by atoms with van der Waals surface area (Å²) in [6, 6.07) is 1.21. The van der Waals surface area contributed by atoms with Crippen molar-refractivity contribution in [3.8, 4) is 0 Å². The number of hydrazine groups is 1. The minimum Gasteiger partial charge on any atom is -0.389 e. The van der Waals surface area contributed by atoms with Crippen molar-refractivity contribution < 1.29 is 23.4 Å². The molecule has 7 nitrogen and oxygen atoms in total. The predicted molar refractivity (Wildman–Crippen MR) is 59.1 cm³/mol. The minimum absolute atomic E-state index is 0.0144. The first kappa shape index (κ1) is 13.8. The van der Waals surface area contributed by atoms with Gasteiger partial charge in [0.1, 0.15) is 11.6 Å². The molecule has 5 N–H and O–H groups in total. The summed E-state index contributed by atoms with van der Waals surface area (Å²) in [6.45, 7) is -0.0288. The zero-order valence-corrected chi connectivity index (χ0v) is 9.59. The van der Waals surface area contributed by atoms with E-state index in [2.05, 4.69) is 9.97 Å². The highest BCUT2D eigenvalue weighted by Gasteiger charge is 2.37. The van der Waals surface area contributed by atoms with E-state index in [0.29, 0.717) is 0 Å². The molecule has 1 saturated heterocycles. The maximum Gasteiger partial charge on any atom is 0.451 e. The van der Waals surface area contributed by atoms with Crippen LogP contribution < -0.4 is 16.2 Å². The highest BCUT2D eigenvalue weighted by atomic mass is 19.4. The van der Waals surface area contributed by atoms with Crippen molar-refractivity contribution in [3.63, 3.8) is 0 Å². The largest absolute Gasteiger partial charge is 0.451 e. The van der Waals surface area contributed by atoms with Gasteiger partial charge in [0.25, 0.3) is 0 Å². The van der Waals surface area contributed by atoms with Crippen LogP contribution in [-0.4, -0.2) is 45.5 Å². The highest BCUT2D eigenvalue weighted by molar-refractivity contribution is 5.50. The molecule has 0 aromatic carbocycles. The van der Waals surface area contributed by atoms with E-state index < -0.39 is 24.2 Å². The zero-order valence-electron chi connectivity index (χ0n) is 9.59. The molecule has 0 radical (unpaired) electrons. The fourth-order valence-corrected chi connectivity index (χ4v) is 1.75. The van der Waals surface area contributed by atoms with Crippen LogP contribution >= 0.6 is 0 Å². The van der Waals surface area contributed by atoms with Gasteiger partial charge in [-0.3, -0.25) is 0 Å². The Morgan fingerprint density at radius 3 is 2.32 bits per heavy atom. The van der Waals surface area contributed by atoms with Crippen molar-refractivity contribution in [1.29, 1.82) is 0 Å². The van der Waals surface area contributed by atoms with Gasteiger partial charge in [-0.2, -0.15) is 13.2 Å². The SMILES string of the molecule is NNc1cc(N2CC(O)C(O)C2)nc(C(F)(F)F)n1. The number of aromatic nitrogens is 2. The molecule has 19 heavy (non-hydrogen) atoms. The van der Waals surface area contributed by atoms with Crippen LogP contribution in [-0.2, 0) is 6.18 Å². The Bertz CT molecular complexity index is 460. The second kappa shape index (κ2) is 4.79. The van der Waals surface area contributed by atoms with Gasteiger partial charge in [0.05, 0.1) is 12.2 Å². The van der Waals surface area contributed by atoms with Gasteiger partial charge in [0.15, 0.2) is 0 Å². The summed E-state index contributed by atoms with van der Waals surface area (Å²) >= 11 is 0. The number of alkyl halides is 3. The van der Waals surface area contributed by atoms with E-state index >= 15 is 0 Å². The summed E-state index contributed by atoms with van der Waals surface area (Å²) in [7, 11) is 0. The Kier molecular flexibility index (Phi) is 3.47. The fraction of sp³-hybridized carbons (Fsp3) is 0.556. The third-order valence-corrected chi connectivity index (χ3v) is 2.70. The standard InChI is InChI=1S/C9H12F3N5O2/c10-9(11,12)8-14-6(16-13)1-7(15-8)17-2-4(18)5(19)3-17/h1,4-5,18-19H,2-3,13H2,(H,14,15,16). The Balaban J connectivity index is 2.35. The molecule has 2 rings (SSSR count). The molecule has 1 fully saturated rings. The van der Waals surface area contributed by atoms with Crippen molar-refractivity contribution in [2.24, 2.45) is 5.84 Å². The van der Waals surface area contributed by atoms with Crippen LogP contribution in [0.15, 0.2) is 6.07 Å². The first-order valence-corrected chi connectivity index (χ1v) is 5.35. The average molecular weight is 279 g/mol. The molecule has 0 saturated carbocycles. The van der Waals surface area contributed by atoms with Gasteiger partial charge < -0.3 is 20.5 Å². The van der Waals surface area contributed by atoms with E-state index in [0.717, 1.165) is 0 Å². The topological polar surface area (TPSA) is 108 Å². The molecule has 0 aliphatic carbocycles. The number of nitrogen functional groups attached to an aromatic ring is 1. The minimum atomic E-state index is -4.71. The second-order valence-corrected chi connectivity index (χ2v) is 4.12. The van der Waals surface area contributed by atoms with Crippen LogP contribution in [0, 0.1) is 0 Å². The van der Waals surface area contributed by atoms with Crippen molar-refractivity contribution in [2.45, 2.75) is 18.4 Å². The lowest BCUT2D eigenvalue weighted by molar-refractivity contribution is -0.144. The molecule has 0 spiro atoms. The molecule has 1 aromatic rings. The fourth-order valence-electron chi connectivity index (χ4n) is 1.75. The van der Waals surface area contributed by atoms with E-state index in [-0.39, 0.29) is 24.7 Å². The Morgan fingerprint density at radius 2 is 1.84 bits per heavy atom. The van der Waals surface area contributed by atoms with Crippen LogP contribution in [0.4, 0.5) is 24.8 Å². The Morgan fingerprint density at radius 1 is 1.26 bits per heavy atom. The normalized spacial score (nSPS) is 23.8. The van der Waals surface area contributed by atoms with Crippen molar-refractivity contribution in [2.75, 3.05) is 23.4 Å². The number of nitrogens with two attached hydrogens (primary N) is 1. The molecule has 0 amide bonds. The quantitative estimate of drug-likeness (QED) is 0.420. The summed E-state index contributed by atoms with van der Waals surface area (Å²) in [5, 5.41) is 18.8. The van der Waals surface area contributed by atoms with Gasteiger partial charge >= 0.3 is 6.18 Å². The number of nitrogens with zero attached hydrogens (tertiary/aromatic N) is 3. The molecule has 2 atom stereocenters. The number of aliphatic hydroxyl groups excluding tert-OH is 2. The van der Waals surface area contributed by atoms with Crippen LogP contribution in [0.25, 0.3) is 0 Å². The van der Waals surface area contributed by atoms with Crippen molar-refractivity contribution in [1.82, 2.24) is 9.97 Å². The molecule has 2 heterocycles. The third kappa shape index (κ3) is 2.85. The number of hydrogen-bond donors (Lipinski definition) is 4. The molecule has 1 aliphatic heterocycles. The van der Waals surface area contributed by atoms with Crippen LogP contribution in [0.2, 0.25) is 0 Å². The first-order valence-electron chi connectivity index (χ1n) is 5.35. The molecule has 2 unspecified atom stereocenters. The number of nitrogens with one attached hydrogen (secondary N) is 1. The van der Waals surface area contributed by atoms with Gasteiger partial charge in [0, 0.05) is 19.2 Å². The van der Waals surface area contributed by atoms with Crippen molar-refractivity contribution >= 4 is 11.6 Å². The van der Waals surface area contributed by atoms with Crippen LogP contribution in [0.5, 0.6) is 0 Å². The molecule has 1 aliphatic rings. The zero-order chi connectivity index (χ0) is 14.2. The Labute approximate surface area is 105 Å². The monoisotopic (exact) mass is 279 g/mol. The highest BCUT2D eigenvalue weighted by Crippen LogP contribution is 2.30. The van der Waals surface area contributed by atoms with Crippen LogP contribution in [0.1, 0.15) is 5.82 Å². The van der Waals surface area contributed by atoms with Gasteiger partial charge in [-0.05, 0) is 0 Å². The summed E-state index contributed by atoms with van der Waals surface area (Å²) < 4.78 is 37.8. The lowest BCUT2D eigenvalue weighted by Crippen LogP contribution is -2.25. The third-order valence-electron chi connectivity index (χ3n) is 2.70. The van der Waals surface area contributed by atoms with Gasteiger partial charge in [-0.1, -0.05) is 0 Å². The number of anilines is 2. The molecule has 0 bridgehead atoms. The number of halogens is 3. The number of aliphatic hydroxyl groups is 2. The number of β-amino-alcohol motifs (C(OH)–C–C–N with tert-alkyl or cyclic N) is 2. The van der Waals surface area contributed by atoms with Gasteiger partial charge in [-0.15, -0.1) is 0 Å². The van der Waals surface area contributed by atoms with E-state index in [9.17, 15) is 23.4 Å². The van der Waals surface area contributed by atoms with E-state index in [1.54, 1.807) is 0 Å². The summed E-state index contributed by atoms with van der Waals surface area (Å²) in [5.74, 6) is 3.46. The number of rotatable bonds is 2. The summed E-state index contributed by atoms with van der Waals surface area (Å²) in [4.78, 5) is 7.91. The van der Waals surface area contributed by atoms with Crippen molar-refractivity contribution in [3.05, 3.63) is 11.9 Å². The summed E-state index contributed by atoms with van der Waals surface area (Å²) in [5.41, 5.74) is 2.02. The van der Waals surface area contributed by atoms with E-state index in [4.69, 9.17) is 5.84 Å². The average Bonchev–Trinajstić information content (AvgIpc) is 2.68. The van der Waals surface area contributed by atoms with Crippen LogP contribution in [0.3, 0.4) is 0 Å². The number of hydrogen-bond acceptors (Lipinski definition) is 7. The smallest absolute Gasteiger partial charge is 0.389 e. The van der Waals surface area contributed by atoms with Gasteiger partial charge in [0.2, 0.25) is 5.82 Å². The molecule has 106 valence electrons. The molecule has 1 aromatic heterocycles. The maximum atomic E-state index is 12.6. The second-order valence-electron chi connectivity index (χ2n) is 4.12. The van der Waals surface area contributed by atoms with E-state index in [1.165, 1.54) is 11.0 Å². The Hall–Kier alpha value is -1.65. The van der Waals surface area contributed by atoms with E-state index in [1.807, 2.05) is 5.43 Å². The van der Waals surface area contributed by atoms with Gasteiger partial charge in [-0.25, -0.2) is 15.8 Å². The maximum absolute atomic E-state index is 12.6. The molecular formula is C9H12F3N5O2. The predicted octanol–water partition coefficient (Wildman–Crippen LogP) is -0.677.